The summed E-state index contributed by atoms with van der Waals surface area (Å²) in [6.45, 7) is 4.48. The maximum absolute atomic E-state index is 13.8. The van der Waals surface area contributed by atoms with Crippen LogP contribution in [0.1, 0.15) is 89.1 Å². The molecule has 2 aromatic rings. The van der Waals surface area contributed by atoms with Crippen molar-refractivity contribution in [2.75, 3.05) is 7.11 Å². The van der Waals surface area contributed by atoms with E-state index in [1.54, 1.807) is 13.8 Å². The van der Waals surface area contributed by atoms with Crippen molar-refractivity contribution >= 4 is 17.3 Å². The zero-order chi connectivity index (χ0) is 34.1. The summed E-state index contributed by atoms with van der Waals surface area (Å²) in [5, 5.41) is 54.8. The van der Waals surface area contributed by atoms with Gasteiger partial charge in [-0.3, -0.25) is 14.4 Å². The molecule has 47 heavy (non-hydrogen) atoms. The Kier molecular flexibility index (Phi) is 8.68. The van der Waals surface area contributed by atoms with Gasteiger partial charge in [0.05, 0.1) is 48.2 Å². The van der Waals surface area contributed by atoms with Crippen LogP contribution in [-0.4, -0.2) is 105 Å². The minimum atomic E-state index is -2.05. The molecular weight excluding hydrogens is 618 g/mol. The molecule has 10 atom stereocenters. The monoisotopic (exact) mass is 657 g/mol. The largest absolute Gasteiger partial charge is 0.507 e. The number of fused-ring (bicyclic) bond motifs is 3. The highest BCUT2D eigenvalue weighted by atomic mass is 16.7. The maximum Gasteiger partial charge on any atom is 0.202 e. The number of rotatable bonds is 6. The maximum atomic E-state index is 13.8. The number of aliphatic hydroxyl groups excluding tert-OH is 2. The van der Waals surface area contributed by atoms with Crippen molar-refractivity contribution in [3.63, 3.8) is 0 Å². The van der Waals surface area contributed by atoms with Crippen molar-refractivity contribution < 1.29 is 63.6 Å². The van der Waals surface area contributed by atoms with E-state index in [9.17, 15) is 39.9 Å². The van der Waals surface area contributed by atoms with Crippen LogP contribution in [0.15, 0.2) is 18.2 Å². The van der Waals surface area contributed by atoms with E-state index in [-0.39, 0.29) is 47.3 Å². The van der Waals surface area contributed by atoms with Crippen LogP contribution in [-0.2, 0) is 30.2 Å². The van der Waals surface area contributed by atoms with Crippen LogP contribution in [0.4, 0.5) is 0 Å². The number of nitrogens with two attached hydrogens (primary N) is 1. The molecule has 7 N–H and O–H groups in total. The van der Waals surface area contributed by atoms with E-state index in [2.05, 4.69) is 0 Å². The third-order valence-corrected chi connectivity index (χ3v) is 9.75. The van der Waals surface area contributed by atoms with Gasteiger partial charge in [0, 0.05) is 48.4 Å². The fourth-order valence-electron chi connectivity index (χ4n) is 7.15. The van der Waals surface area contributed by atoms with Crippen LogP contribution in [0.3, 0.4) is 0 Å². The van der Waals surface area contributed by atoms with Crippen molar-refractivity contribution in [1.82, 2.24) is 0 Å². The fourth-order valence-corrected chi connectivity index (χ4v) is 7.15. The summed E-state index contributed by atoms with van der Waals surface area (Å²) in [5.74, 6) is -3.30. The van der Waals surface area contributed by atoms with Crippen molar-refractivity contribution in [1.29, 1.82) is 0 Å². The predicted molar refractivity (Wildman–Crippen MR) is 160 cm³/mol. The number of carbonyl (C=O) groups excluding carboxylic acids is 3. The third-order valence-electron chi connectivity index (χ3n) is 9.75. The van der Waals surface area contributed by atoms with Gasteiger partial charge in [-0.05, 0) is 26.8 Å². The summed E-state index contributed by atoms with van der Waals surface area (Å²) in [6.07, 6.45) is -8.10. The molecule has 0 spiro atoms. The van der Waals surface area contributed by atoms with E-state index in [0.29, 0.717) is 0 Å². The van der Waals surface area contributed by atoms with Crippen LogP contribution in [0.2, 0.25) is 0 Å². The number of phenols is 2. The highest BCUT2D eigenvalue weighted by Gasteiger charge is 2.50. The van der Waals surface area contributed by atoms with Crippen LogP contribution in [0, 0.1) is 0 Å². The van der Waals surface area contributed by atoms with E-state index in [1.165, 1.54) is 32.2 Å². The zero-order valence-corrected chi connectivity index (χ0v) is 26.3. The highest BCUT2D eigenvalue weighted by molar-refractivity contribution is 6.31. The molecule has 0 radical (unpaired) electrons. The number of phenolic OH excluding ortho intramolecular Hbond substituents is 2. The Bertz CT molecular complexity index is 1600. The Hall–Kier alpha value is -3.47. The SMILES string of the molecule is COc1cccc2c1C(=O)c1c(O)c3c(c(O)c1C2=O)CC(O)(C(C)=O)CC3OC1CC(N)C(OC2CC(O)C(O)C(C)O2)C(C)O1. The molecule has 254 valence electrons. The van der Waals surface area contributed by atoms with Gasteiger partial charge in [-0.15, -0.1) is 0 Å². The molecule has 4 aliphatic rings. The molecule has 6 rings (SSSR count). The van der Waals surface area contributed by atoms with E-state index in [0.717, 1.165) is 0 Å². The van der Waals surface area contributed by atoms with Crippen LogP contribution in [0.25, 0.3) is 0 Å². The molecular formula is C33H39NO13. The number of methoxy groups -OCH3 is 1. The van der Waals surface area contributed by atoms with Gasteiger partial charge in [-0.2, -0.15) is 0 Å². The Balaban J connectivity index is 1.33. The first-order chi connectivity index (χ1) is 22.2. The number of ketones is 3. The molecule has 2 aromatic carbocycles. The molecule has 0 bridgehead atoms. The van der Waals surface area contributed by atoms with Gasteiger partial charge in [0.2, 0.25) is 5.78 Å². The standard InChI is InChI=1S/C33H39NO13/c1-12-27(37)18(36)9-22(44-12)47-32-13(2)45-21(8-17(32)34)46-20-11-33(42,14(3)35)10-16-24(20)31(41)26-25(29(16)39)28(38)15-6-5-7-19(43-4)23(15)30(26)40/h5-7,12-13,17-18,20-22,27,32,36-37,39,41-42H,8-11,34H2,1-4H3. The third kappa shape index (κ3) is 5.52. The number of hydrogen-bond donors (Lipinski definition) is 6. The van der Waals surface area contributed by atoms with E-state index in [1.807, 2.05) is 0 Å². The number of ether oxygens (including phenoxy) is 5. The first-order valence-electron chi connectivity index (χ1n) is 15.5. The van der Waals surface area contributed by atoms with Gasteiger partial charge < -0.3 is 55.0 Å². The van der Waals surface area contributed by atoms with Gasteiger partial charge >= 0.3 is 0 Å². The number of hydrogen-bond acceptors (Lipinski definition) is 14. The highest BCUT2D eigenvalue weighted by Crippen LogP contribution is 2.52. The molecule has 2 aliphatic heterocycles. The summed E-state index contributed by atoms with van der Waals surface area (Å²) in [6, 6.07) is 3.74. The van der Waals surface area contributed by atoms with Gasteiger partial charge in [-0.1, -0.05) is 12.1 Å². The van der Waals surface area contributed by atoms with Crippen LogP contribution >= 0.6 is 0 Å². The van der Waals surface area contributed by atoms with Crippen molar-refractivity contribution in [3.8, 4) is 17.2 Å². The van der Waals surface area contributed by atoms with E-state index in [4.69, 9.17) is 29.4 Å². The van der Waals surface area contributed by atoms with Gasteiger partial charge in [-0.25, -0.2) is 0 Å². The predicted octanol–water partition coefficient (Wildman–Crippen LogP) is 0.910. The van der Waals surface area contributed by atoms with Crippen molar-refractivity contribution in [2.45, 2.75) is 107 Å². The minimum absolute atomic E-state index is 0.0223. The molecule has 14 nitrogen and oxygen atoms in total. The number of aliphatic hydroxyl groups is 3. The van der Waals surface area contributed by atoms with Crippen LogP contribution < -0.4 is 10.5 Å². The first kappa shape index (κ1) is 33.4. The molecule has 2 aliphatic carbocycles. The lowest BCUT2D eigenvalue weighted by molar-refractivity contribution is -0.302. The summed E-state index contributed by atoms with van der Waals surface area (Å²) in [5.41, 5.74) is 3.27. The lowest BCUT2D eigenvalue weighted by atomic mass is 9.72. The van der Waals surface area contributed by atoms with Gasteiger partial charge in [0.1, 0.15) is 35.1 Å². The Morgan fingerprint density at radius 2 is 1.62 bits per heavy atom. The van der Waals surface area contributed by atoms with E-state index < -0.39 is 107 Å². The lowest BCUT2D eigenvalue weighted by Crippen LogP contribution is -2.56. The second-order valence-electron chi connectivity index (χ2n) is 12.8. The molecule has 2 fully saturated rings. The van der Waals surface area contributed by atoms with Crippen molar-refractivity contribution in [3.05, 3.63) is 51.6 Å². The number of aromatic hydroxyl groups is 2. The average Bonchev–Trinajstić information content (AvgIpc) is 3.01. The molecule has 14 heteroatoms. The number of benzene rings is 2. The zero-order valence-electron chi connectivity index (χ0n) is 26.3. The lowest BCUT2D eigenvalue weighted by Gasteiger charge is -2.44. The second kappa shape index (κ2) is 12.2. The summed E-state index contributed by atoms with van der Waals surface area (Å²) in [4.78, 5) is 40.2. The molecule has 0 saturated carbocycles. The molecule has 0 aromatic heterocycles. The van der Waals surface area contributed by atoms with Gasteiger partial charge in [0.25, 0.3) is 0 Å². The normalized spacial score (nSPS) is 35.1. The quantitative estimate of drug-likeness (QED) is 0.203. The van der Waals surface area contributed by atoms with E-state index >= 15 is 0 Å². The molecule has 2 heterocycles. The number of carbonyl (C=O) groups is 3. The topological polar surface area (TPSA) is 225 Å². The smallest absolute Gasteiger partial charge is 0.202 e. The first-order valence-corrected chi connectivity index (χ1v) is 15.5. The molecule has 0 amide bonds. The number of Topliss-reactive ketones (excluding diaryl/α,β-unsaturated/α-hetero) is 1. The fraction of sp³-hybridized carbons (Fsp3) is 0.545. The Morgan fingerprint density at radius 3 is 2.26 bits per heavy atom. The second-order valence-corrected chi connectivity index (χ2v) is 12.8. The Labute approximate surface area is 269 Å². The minimum Gasteiger partial charge on any atom is -0.507 e. The van der Waals surface area contributed by atoms with Gasteiger partial charge in [0.15, 0.2) is 24.1 Å². The molecule has 10 unspecified atom stereocenters. The summed E-state index contributed by atoms with van der Waals surface area (Å²) >= 11 is 0. The van der Waals surface area contributed by atoms with Crippen molar-refractivity contribution in [2.24, 2.45) is 5.73 Å². The average molecular weight is 658 g/mol. The summed E-state index contributed by atoms with van der Waals surface area (Å²) < 4.78 is 29.4. The molecule has 2 saturated heterocycles. The Morgan fingerprint density at radius 1 is 0.957 bits per heavy atom. The summed E-state index contributed by atoms with van der Waals surface area (Å²) in [7, 11) is 1.33. The van der Waals surface area contributed by atoms with Crippen LogP contribution in [0.5, 0.6) is 17.2 Å².